The summed E-state index contributed by atoms with van der Waals surface area (Å²) in [5.74, 6) is 0. The molecule has 2 heterocycles. The van der Waals surface area contributed by atoms with E-state index in [1.54, 1.807) is 0 Å². The van der Waals surface area contributed by atoms with Crippen LogP contribution in [0.1, 0.15) is 44.2 Å². The van der Waals surface area contributed by atoms with E-state index < -0.39 is 0 Å². The zero-order valence-electron chi connectivity index (χ0n) is 9.91. The lowest BCUT2D eigenvalue weighted by Crippen LogP contribution is -2.24. The minimum atomic E-state index is 0.552. The number of nitrogens with one attached hydrogen (secondary N) is 1. The van der Waals surface area contributed by atoms with Gasteiger partial charge in [0.25, 0.3) is 0 Å². The van der Waals surface area contributed by atoms with Crippen LogP contribution < -0.4 is 0 Å². The summed E-state index contributed by atoms with van der Waals surface area (Å²) in [5.41, 5.74) is 1.31. The summed E-state index contributed by atoms with van der Waals surface area (Å²) in [6, 6.07) is 4.78. The molecule has 3 heteroatoms. The van der Waals surface area contributed by atoms with Gasteiger partial charge in [0, 0.05) is 17.8 Å². The monoisotopic (exact) mass is 236 g/mol. The highest BCUT2D eigenvalue weighted by atomic mass is 32.1. The van der Waals surface area contributed by atoms with Crippen molar-refractivity contribution < 1.29 is 0 Å². The lowest BCUT2D eigenvalue weighted by molar-refractivity contribution is 0.252. The van der Waals surface area contributed by atoms with E-state index in [1.807, 2.05) is 6.20 Å². The molecule has 1 saturated heterocycles. The molecule has 0 radical (unpaired) electrons. The average molecular weight is 236 g/mol. The van der Waals surface area contributed by atoms with Gasteiger partial charge in [-0.1, -0.05) is 31.6 Å². The first-order chi connectivity index (χ1) is 7.83. The minimum absolute atomic E-state index is 0.552. The Kier molecular flexibility index (Phi) is 4.13. The molecule has 0 unspecified atom stereocenters. The van der Waals surface area contributed by atoms with Crippen LogP contribution in [-0.4, -0.2) is 23.0 Å². The average Bonchev–Trinajstić information content (AvgIpc) is 2.75. The largest absolute Gasteiger partial charge is 0.353 e. The lowest BCUT2D eigenvalue weighted by atomic mass is 10.1. The standard InChI is InChI=1S/C13H20N2S/c1-2-3-9-15-10-5-7-12(15)11-6-4-8-14-13(11)16/h4,6,8,12H,2-3,5,7,9-10H2,1H3,(H,14,16)/t12-/m0/s1. The number of H-pyrrole nitrogens is 1. The van der Waals surface area contributed by atoms with Gasteiger partial charge in [0.15, 0.2) is 0 Å². The smallest absolute Gasteiger partial charge is 0.108 e. The summed E-state index contributed by atoms with van der Waals surface area (Å²) < 4.78 is 0.913. The molecule has 1 aliphatic rings. The maximum absolute atomic E-state index is 5.37. The van der Waals surface area contributed by atoms with Crippen LogP contribution in [0.4, 0.5) is 0 Å². The first-order valence-electron chi connectivity index (χ1n) is 6.24. The molecule has 0 spiro atoms. The number of hydrogen-bond acceptors (Lipinski definition) is 2. The Morgan fingerprint density at radius 2 is 2.44 bits per heavy atom. The Morgan fingerprint density at radius 1 is 1.56 bits per heavy atom. The highest BCUT2D eigenvalue weighted by molar-refractivity contribution is 7.71. The Balaban J connectivity index is 2.14. The fraction of sp³-hybridized carbons (Fsp3) is 0.615. The van der Waals surface area contributed by atoms with E-state index in [1.165, 1.54) is 44.3 Å². The van der Waals surface area contributed by atoms with Crippen molar-refractivity contribution in [3.63, 3.8) is 0 Å². The maximum atomic E-state index is 5.37. The Morgan fingerprint density at radius 3 is 3.19 bits per heavy atom. The van der Waals surface area contributed by atoms with Crippen LogP contribution in [-0.2, 0) is 0 Å². The molecule has 0 bridgehead atoms. The van der Waals surface area contributed by atoms with Gasteiger partial charge in [0.2, 0.25) is 0 Å². The summed E-state index contributed by atoms with van der Waals surface area (Å²) in [4.78, 5) is 5.73. The van der Waals surface area contributed by atoms with Crippen molar-refractivity contribution in [1.82, 2.24) is 9.88 Å². The van der Waals surface area contributed by atoms with Crippen LogP contribution in [0.15, 0.2) is 18.3 Å². The number of rotatable bonds is 4. The van der Waals surface area contributed by atoms with Gasteiger partial charge in [-0.15, -0.1) is 0 Å². The highest BCUT2D eigenvalue weighted by Crippen LogP contribution is 2.31. The normalized spacial score (nSPS) is 21.4. The van der Waals surface area contributed by atoms with Gasteiger partial charge in [-0.3, -0.25) is 4.90 Å². The molecule has 0 aromatic carbocycles. The molecule has 0 amide bonds. The van der Waals surface area contributed by atoms with Crippen LogP contribution >= 0.6 is 12.2 Å². The van der Waals surface area contributed by atoms with Crippen LogP contribution in [0.5, 0.6) is 0 Å². The fourth-order valence-corrected chi connectivity index (χ4v) is 2.78. The summed E-state index contributed by atoms with van der Waals surface area (Å²) in [7, 11) is 0. The second-order valence-corrected chi connectivity index (χ2v) is 4.91. The van der Waals surface area contributed by atoms with E-state index in [4.69, 9.17) is 12.2 Å². The number of nitrogens with zero attached hydrogens (tertiary/aromatic N) is 1. The van der Waals surface area contributed by atoms with Crippen LogP contribution in [0.25, 0.3) is 0 Å². The van der Waals surface area contributed by atoms with Crippen molar-refractivity contribution in [2.45, 2.75) is 38.6 Å². The van der Waals surface area contributed by atoms with Crippen molar-refractivity contribution in [1.29, 1.82) is 0 Å². The van der Waals surface area contributed by atoms with Crippen LogP contribution in [0.2, 0.25) is 0 Å². The Bertz CT molecular complexity index is 386. The van der Waals surface area contributed by atoms with E-state index in [2.05, 4.69) is 28.9 Å². The van der Waals surface area contributed by atoms with Crippen molar-refractivity contribution >= 4 is 12.2 Å². The predicted octanol–water partition coefficient (Wildman–Crippen LogP) is 3.68. The maximum Gasteiger partial charge on any atom is 0.108 e. The quantitative estimate of drug-likeness (QED) is 0.804. The fourth-order valence-electron chi connectivity index (χ4n) is 2.50. The number of aromatic amines is 1. The topological polar surface area (TPSA) is 19.0 Å². The van der Waals surface area contributed by atoms with Gasteiger partial charge in [-0.05, 0) is 38.4 Å². The Labute approximate surface area is 103 Å². The molecule has 0 aliphatic carbocycles. The molecular formula is C13H20N2S. The van der Waals surface area contributed by atoms with Crippen molar-refractivity contribution in [2.24, 2.45) is 0 Å². The molecule has 1 N–H and O–H groups in total. The van der Waals surface area contributed by atoms with E-state index in [0.717, 1.165) is 4.64 Å². The van der Waals surface area contributed by atoms with Gasteiger partial charge in [-0.2, -0.15) is 0 Å². The third-order valence-corrected chi connectivity index (χ3v) is 3.72. The third-order valence-electron chi connectivity index (χ3n) is 3.37. The van der Waals surface area contributed by atoms with Gasteiger partial charge in [0.05, 0.1) is 0 Å². The minimum Gasteiger partial charge on any atom is -0.353 e. The second-order valence-electron chi connectivity index (χ2n) is 4.50. The van der Waals surface area contributed by atoms with Crippen LogP contribution in [0.3, 0.4) is 0 Å². The summed E-state index contributed by atoms with van der Waals surface area (Å²) >= 11 is 5.37. The zero-order valence-corrected chi connectivity index (χ0v) is 10.7. The molecule has 1 aromatic rings. The summed E-state index contributed by atoms with van der Waals surface area (Å²) in [5, 5.41) is 0. The van der Waals surface area contributed by atoms with E-state index in [9.17, 15) is 0 Å². The first kappa shape index (κ1) is 11.8. The summed E-state index contributed by atoms with van der Waals surface area (Å²) in [6.07, 6.45) is 7.03. The lowest BCUT2D eigenvalue weighted by Gasteiger charge is -2.24. The number of likely N-dealkylation sites (tertiary alicyclic amines) is 1. The second kappa shape index (κ2) is 5.60. The van der Waals surface area contributed by atoms with E-state index in [0.29, 0.717) is 6.04 Å². The van der Waals surface area contributed by atoms with Crippen LogP contribution in [0, 0.1) is 4.64 Å². The molecule has 1 fully saturated rings. The van der Waals surface area contributed by atoms with Gasteiger partial charge in [-0.25, -0.2) is 0 Å². The molecule has 1 aromatic heterocycles. The molecule has 16 heavy (non-hydrogen) atoms. The van der Waals surface area contributed by atoms with Crippen molar-refractivity contribution in [3.8, 4) is 0 Å². The predicted molar refractivity (Wildman–Crippen MR) is 70.1 cm³/mol. The molecule has 0 saturated carbocycles. The Hall–Kier alpha value is -0.670. The molecule has 88 valence electrons. The third kappa shape index (κ3) is 2.53. The van der Waals surface area contributed by atoms with E-state index in [-0.39, 0.29) is 0 Å². The number of pyridine rings is 1. The van der Waals surface area contributed by atoms with Crippen molar-refractivity contribution in [3.05, 3.63) is 28.5 Å². The van der Waals surface area contributed by atoms with Gasteiger partial charge in [0.1, 0.15) is 4.64 Å². The highest BCUT2D eigenvalue weighted by Gasteiger charge is 2.25. The molecule has 1 aliphatic heterocycles. The summed E-state index contributed by atoms with van der Waals surface area (Å²) in [6.45, 7) is 4.69. The van der Waals surface area contributed by atoms with Crippen molar-refractivity contribution in [2.75, 3.05) is 13.1 Å². The van der Waals surface area contributed by atoms with Gasteiger partial charge >= 0.3 is 0 Å². The first-order valence-corrected chi connectivity index (χ1v) is 6.65. The molecular weight excluding hydrogens is 216 g/mol. The molecule has 1 atom stereocenters. The molecule has 2 rings (SSSR count). The molecule has 2 nitrogen and oxygen atoms in total. The number of hydrogen-bond donors (Lipinski definition) is 1. The van der Waals surface area contributed by atoms with E-state index >= 15 is 0 Å². The van der Waals surface area contributed by atoms with Gasteiger partial charge < -0.3 is 4.98 Å². The number of unbranched alkanes of at least 4 members (excludes halogenated alkanes) is 1. The number of aromatic nitrogens is 1. The zero-order chi connectivity index (χ0) is 11.4. The SMILES string of the molecule is CCCCN1CCC[C@H]1c1ccc[nH]c1=S.